The van der Waals surface area contributed by atoms with Crippen molar-refractivity contribution in [1.29, 1.82) is 0 Å². The standard InChI is InChI=1S/C13H14ClN3O/c1-9(15)13(10-2-4-16-5-3-10)18-12-6-11(14)7-17-8-12/h2-9,13H,15H2,1H3. The number of halogens is 1. The molecule has 0 aliphatic rings. The predicted molar refractivity (Wildman–Crippen MR) is 70.5 cm³/mol. The molecule has 0 aliphatic heterocycles. The summed E-state index contributed by atoms with van der Waals surface area (Å²) < 4.78 is 5.84. The molecule has 4 nitrogen and oxygen atoms in total. The van der Waals surface area contributed by atoms with E-state index in [1.807, 2.05) is 19.1 Å². The van der Waals surface area contributed by atoms with Gasteiger partial charge in [-0.1, -0.05) is 11.6 Å². The smallest absolute Gasteiger partial charge is 0.140 e. The van der Waals surface area contributed by atoms with Gasteiger partial charge in [-0.05, 0) is 24.6 Å². The molecule has 0 saturated carbocycles. The lowest BCUT2D eigenvalue weighted by molar-refractivity contribution is 0.179. The highest BCUT2D eigenvalue weighted by molar-refractivity contribution is 6.30. The second-order valence-electron chi connectivity index (χ2n) is 4.02. The zero-order valence-electron chi connectivity index (χ0n) is 9.95. The SMILES string of the molecule is CC(N)C(Oc1cncc(Cl)c1)c1ccncc1. The molecule has 2 unspecified atom stereocenters. The van der Waals surface area contributed by atoms with E-state index in [1.54, 1.807) is 30.9 Å². The van der Waals surface area contributed by atoms with Gasteiger partial charge < -0.3 is 10.5 Å². The molecule has 2 aromatic heterocycles. The number of nitrogens with zero attached hydrogens (tertiary/aromatic N) is 2. The number of nitrogens with two attached hydrogens (primary N) is 1. The first-order valence-electron chi connectivity index (χ1n) is 5.59. The van der Waals surface area contributed by atoms with Gasteiger partial charge in [0.2, 0.25) is 0 Å². The normalized spacial score (nSPS) is 13.9. The van der Waals surface area contributed by atoms with Crippen LogP contribution < -0.4 is 10.5 Å². The molecule has 5 heteroatoms. The van der Waals surface area contributed by atoms with E-state index in [0.29, 0.717) is 10.8 Å². The molecule has 2 rings (SSSR count). The Kier molecular flexibility index (Phi) is 4.12. The minimum absolute atomic E-state index is 0.161. The molecule has 0 radical (unpaired) electrons. The summed E-state index contributed by atoms with van der Waals surface area (Å²) in [6.07, 6.45) is 6.34. The molecule has 0 amide bonds. The molecule has 2 atom stereocenters. The molecule has 0 aliphatic carbocycles. The van der Waals surface area contributed by atoms with Gasteiger partial charge in [0.05, 0.1) is 11.2 Å². The molecule has 18 heavy (non-hydrogen) atoms. The van der Waals surface area contributed by atoms with E-state index in [1.165, 1.54) is 0 Å². The lowest BCUT2D eigenvalue weighted by Crippen LogP contribution is -2.29. The first-order valence-corrected chi connectivity index (χ1v) is 5.97. The van der Waals surface area contributed by atoms with Crippen molar-refractivity contribution in [1.82, 2.24) is 9.97 Å². The minimum atomic E-state index is -0.256. The van der Waals surface area contributed by atoms with Crippen LogP contribution in [0.1, 0.15) is 18.6 Å². The fourth-order valence-electron chi connectivity index (χ4n) is 1.64. The van der Waals surface area contributed by atoms with Crippen molar-refractivity contribution in [2.45, 2.75) is 19.1 Å². The van der Waals surface area contributed by atoms with Crippen LogP contribution in [-0.2, 0) is 0 Å². The Morgan fingerprint density at radius 3 is 2.56 bits per heavy atom. The summed E-state index contributed by atoms with van der Waals surface area (Å²) in [4.78, 5) is 7.96. The van der Waals surface area contributed by atoms with E-state index in [9.17, 15) is 0 Å². The van der Waals surface area contributed by atoms with Crippen molar-refractivity contribution in [2.75, 3.05) is 0 Å². The van der Waals surface area contributed by atoms with Crippen LogP contribution in [0.2, 0.25) is 5.02 Å². The second-order valence-corrected chi connectivity index (χ2v) is 4.45. The van der Waals surface area contributed by atoms with E-state index in [4.69, 9.17) is 22.1 Å². The molecular formula is C13H14ClN3O. The largest absolute Gasteiger partial charge is 0.482 e. The predicted octanol–water partition coefficient (Wildman–Crippen LogP) is 2.60. The molecule has 0 spiro atoms. The lowest BCUT2D eigenvalue weighted by Gasteiger charge is -2.22. The highest BCUT2D eigenvalue weighted by Crippen LogP contribution is 2.24. The third kappa shape index (κ3) is 3.18. The van der Waals surface area contributed by atoms with Crippen LogP contribution in [0.3, 0.4) is 0 Å². The Bertz CT molecular complexity index is 505. The number of ether oxygens (including phenoxy) is 1. The molecule has 2 heterocycles. The maximum atomic E-state index is 5.96. The van der Waals surface area contributed by atoms with Gasteiger partial charge in [-0.15, -0.1) is 0 Å². The van der Waals surface area contributed by atoms with E-state index in [2.05, 4.69) is 9.97 Å². The number of hydrogen-bond donors (Lipinski definition) is 1. The number of pyridine rings is 2. The highest BCUT2D eigenvalue weighted by Gasteiger charge is 2.18. The highest BCUT2D eigenvalue weighted by atomic mass is 35.5. The summed E-state index contributed by atoms with van der Waals surface area (Å²) in [5.41, 5.74) is 6.93. The average molecular weight is 264 g/mol. The second kappa shape index (κ2) is 5.80. The number of rotatable bonds is 4. The van der Waals surface area contributed by atoms with E-state index in [0.717, 1.165) is 5.56 Å². The quantitative estimate of drug-likeness (QED) is 0.921. The molecule has 0 saturated heterocycles. The third-order valence-corrected chi connectivity index (χ3v) is 2.66. The summed E-state index contributed by atoms with van der Waals surface area (Å²) in [6.45, 7) is 1.89. The van der Waals surface area contributed by atoms with Gasteiger partial charge in [-0.2, -0.15) is 0 Å². The Morgan fingerprint density at radius 2 is 1.94 bits per heavy atom. The van der Waals surface area contributed by atoms with Crippen LogP contribution in [-0.4, -0.2) is 16.0 Å². The molecule has 0 aromatic carbocycles. The Hall–Kier alpha value is -1.65. The summed E-state index contributed by atoms with van der Waals surface area (Å²) >= 11 is 5.87. The Balaban J connectivity index is 2.22. The Labute approximate surface area is 111 Å². The number of aromatic nitrogens is 2. The van der Waals surface area contributed by atoms with Crippen LogP contribution >= 0.6 is 11.6 Å². The fourth-order valence-corrected chi connectivity index (χ4v) is 1.80. The monoisotopic (exact) mass is 263 g/mol. The maximum absolute atomic E-state index is 5.96. The van der Waals surface area contributed by atoms with Gasteiger partial charge in [0.25, 0.3) is 0 Å². The first-order chi connectivity index (χ1) is 8.66. The molecular weight excluding hydrogens is 250 g/mol. The first kappa shape index (κ1) is 12.8. The molecule has 0 bridgehead atoms. The van der Waals surface area contributed by atoms with Crippen LogP contribution in [0.25, 0.3) is 0 Å². The Morgan fingerprint density at radius 1 is 1.22 bits per heavy atom. The van der Waals surface area contributed by atoms with Crippen molar-refractivity contribution in [3.63, 3.8) is 0 Å². The van der Waals surface area contributed by atoms with Crippen LogP contribution in [0.15, 0.2) is 43.0 Å². The van der Waals surface area contributed by atoms with Gasteiger partial charge in [-0.3, -0.25) is 9.97 Å². The van der Waals surface area contributed by atoms with Crippen LogP contribution in [0, 0.1) is 0 Å². The van der Waals surface area contributed by atoms with E-state index in [-0.39, 0.29) is 12.1 Å². The van der Waals surface area contributed by atoms with Crippen molar-refractivity contribution in [3.8, 4) is 5.75 Å². The number of hydrogen-bond acceptors (Lipinski definition) is 4. The van der Waals surface area contributed by atoms with E-state index >= 15 is 0 Å². The van der Waals surface area contributed by atoms with E-state index < -0.39 is 0 Å². The lowest BCUT2D eigenvalue weighted by atomic mass is 10.1. The summed E-state index contributed by atoms with van der Waals surface area (Å²) in [5.74, 6) is 0.599. The zero-order chi connectivity index (χ0) is 13.0. The third-order valence-electron chi connectivity index (χ3n) is 2.46. The van der Waals surface area contributed by atoms with Crippen LogP contribution in [0.4, 0.5) is 0 Å². The topological polar surface area (TPSA) is 61.0 Å². The zero-order valence-corrected chi connectivity index (χ0v) is 10.7. The van der Waals surface area contributed by atoms with Gasteiger partial charge in [-0.25, -0.2) is 0 Å². The average Bonchev–Trinajstić information content (AvgIpc) is 2.37. The summed E-state index contributed by atoms with van der Waals surface area (Å²) in [7, 11) is 0. The summed E-state index contributed by atoms with van der Waals surface area (Å²) in [6, 6.07) is 5.31. The van der Waals surface area contributed by atoms with Crippen molar-refractivity contribution >= 4 is 11.6 Å². The van der Waals surface area contributed by atoms with Crippen LogP contribution in [0.5, 0.6) is 5.75 Å². The molecule has 2 aromatic rings. The molecule has 94 valence electrons. The molecule has 2 N–H and O–H groups in total. The summed E-state index contributed by atoms with van der Waals surface area (Å²) in [5, 5.41) is 0.533. The van der Waals surface area contributed by atoms with Gasteiger partial charge >= 0.3 is 0 Å². The fraction of sp³-hybridized carbons (Fsp3) is 0.231. The van der Waals surface area contributed by atoms with Crippen molar-refractivity contribution in [2.24, 2.45) is 5.73 Å². The minimum Gasteiger partial charge on any atom is -0.482 e. The molecule has 0 fully saturated rings. The van der Waals surface area contributed by atoms with Crippen molar-refractivity contribution in [3.05, 3.63) is 53.6 Å². The maximum Gasteiger partial charge on any atom is 0.140 e. The van der Waals surface area contributed by atoms with Gasteiger partial charge in [0.1, 0.15) is 11.9 Å². The van der Waals surface area contributed by atoms with Gasteiger partial charge in [0, 0.05) is 30.7 Å². The van der Waals surface area contributed by atoms with Gasteiger partial charge in [0.15, 0.2) is 0 Å². The van der Waals surface area contributed by atoms with Crippen molar-refractivity contribution < 1.29 is 4.74 Å².